The summed E-state index contributed by atoms with van der Waals surface area (Å²) in [6.45, 7) is 0. The second-order valence-corrected chi connectivity index (χ2v) is 19.0. The second kappa shape index (κ2) is 16.0. The minimum Gasteiger partial charge on any atom is -0.308 e. The van der Waals surface area contributed by atoms with Crippen LogP contribution < -0.4 is 9.80 Å². The first-order valence-electron chi connectivity index (χ1n) is 23.7. The van der Waals surface area contributed by atoms with E-state index >= 15 is 0 Å². The first-order chi connectivity index (χ1) is 34.3. The summed E-state index contributed by atoms with van der Waals surface area (Å²) < 4.78 is 2.59. The van der Waals surface area contributed by atoms with E-state index in [0.29, 0.717) is 0 Å². The number of nitrogens with zero attached hydrogens (tertiary/aromatic N) is 2. The van der Waals surface area contributed by atoms with E-state index in [1.54, 1.807) is 0 Å². The summed E-state index contributed by atoms with van der Waals surface area (Å²) in [6.07, 6.45) is 0. The average molecular weight is 895 g/mol. The van der Waals surface area contributed by atoms with Gasteiger partial charge in [0.25, 0.3) is 0 Å². The highest BCUT2D eigenvalue weighted by Crippen LogP contribution is 2.56. The summed E-state index contributed by atoms with van der Waals surface area (Å²) >= 11 is 1.88. The van der Waals surface area contributed by atoms with E-state index in [1.165, 1.54) is 96.3 Å². The van der Waals surface area contributed by atoms with Gasteiger partial charge in [-0.05, 0) is 132 Å². The van der Waals surface area contributed by atoms with E-state index in [9.17, 15) is 0 Å². The molecule has 3 heteroatoms. The Hall–Kier alpha value is -8.76. The van der Waals surface area contributed by atoms with Crippen LogP contribution in [0.2, 0.25) is 0 Å². The Morgan fingerprint density at radius 2 is 0.754 bits per heavy atom. The maximum atomic E-state index is 2.48. The minimum atomic E-state index is 1.07. The molecule has 0 aliphatic carbocycles. The summed E-state index contributed by atoms with van der Waals surface area (Å²) in [7, 11) is 0. The zero-order valence-corrected chi connectivity index (χ0v) is 38.4. The van der Waals surface area contributed by atoms with Crippen LogP contribution in [0.15, 0.2) is 255 Å². The lowest BCUT2D eigenvalue weighted by atomic mass is 9.93. The van der Waals surface area contributed by atoms with E-state index in [1.807, 2.05) is 11.3 Å². The molecular weight excluding hydrogens is 853 g/mol. The molecule has 0 unspecified atom stereocenters. The van der Waals surface area contributed by atoms with E-state index in [0.717, 1.165) is 34.1 Å². The van der Waals surface area contributed by atoms with Crippen molar-refractivity contribution in [3.05, 3.63) is 255 Å². The molecule has 14 rings (SSSR count). The molecule has 0 N–H and O–H groups in total. The molecule has 0 amide bonds. The van der Waals surface area contributed by atoms with Crippen LogP contribution in [0, 0.1) is 0 Å². The van der Waals surface area contributed by atoms with Crippen molar-refractivity contribution in [1.29, 1.82) is 0 Å². The Bertz CT molecular complexity index is 4270. The molecule has 13 aromatic rings. The van der Waals surface area contributed by atoms with Crippen molar-refractivity contribution in [3.63, 3.8) is 0 Å². The Labute approximate surface area is 404 Å². The van der Waals surface area contributed by atoms with Crippen molar-refractivity contribution >= 4 is 119 Å². The van der Waals surface area contributed by atoms with Gasteiger partial charge < -0.3 is 9.80 Å². The molecule has 2 nitrogen and oxygen atoms in total. The van der Waals surface area contributed by atoms with E-state index in [-0.39, 0.29) is 0 Å². The predicted molar refractivity (Wildman–Crippen MR) is 298 cm³/mol. The molecule has 1 aromatic heterocycles. The molecule has 0 spiro atoms. The van der Waals surface area contributed by atoms with Gasteiger partial charge in [-0.3, -0.25) is 0 Å². The van der Waals surface area contributed by atoms with Crippen molar-refractivity contribution in [2.24, 2.45) is 0 Å². The van der Waals surface area contributed by atoms with Gasteiger partial charge in [-0.25, -0.2) is 0 Å². The van der Waals surface area contributed by atoms with Crippen molar-refractivity contribution < 1.29 is 0 Å². The number of hydrogen-bond acceptors (Lipinski definition) is 3. The highest BCUT2D eigenvalue weighted by atomic mass is 32.1. The van der Waals surface area contributed by atoms with Crippen molar-refractivity contribution in [2.75, 3.05) is 9.80 Å². The number of fused-ring (bicyclic) bond motifs is 18. The highest BCUT2D eigenvalue weighted by molar-refractivity contribution is 7.25. The van der Waals surface area contributed by atoms with Crippen LogP contribution in [0.5, 0.6) is 0 Å². The quantitative estimate of drug-likeness (QED) is 0.174. The van der Waals surface area contributed by atoms with Gasteiger partial charge in [0.1, 0.15) is 0 Å². The van der Waals surface area contributed by atoms with Gasteiger partial charge in [0.05, 0.1) is 17.1 Å². The molecule has 69 heavy (non-hydrogen) atoms. The van der Waals surface area contributed by atoms with Crippen LogP contribution in [0.3, 0.4) is 0 Å². The number of hydrogen-bond donors (Lipinski definition) is 0. The maximum Gasteiger partial charge on any atom is 0.0781 e. The predicted octanol–water partition coefficient (Wildman–Crippen LogP) is 19.5. The number of thiophene rings is 1. The Morgan fingerprint density at radius 3 is 1.42 bits per heavy atom. The third-order valence-corrected chi connectivity index (χ3v) is 15.3. The number of para-hydroxylation sites is 4. The van der Waals surface area contributed by atoms with Crippen LogP contribution in [-0.2, 0) is 0 Å². The van der Waals surface area contributed by atoms with Crippen LogP contribution in [0.25, 0.3) is 96.3 Å². The minimum absolute atomic E-state index is 1.07. The van der Waals surface area contributed by atoms with Gasteiger partial charge in [0.2, 0.25) is 0 Å². The SMILES string of the molecule is c1ccc(N(c2ccc3c(c2)c2ccccc2c2ccccc2c2ccccc2c2cc4c(cc32)sc2ccccc24)c2cccc3c2N(c2ccccc2)c2ccccc2-c2ccccc2-3)cc1. The zero-order chi connectivity index (χ0) is 45.4. The standard InChI is InChI=1S/C66H42N2S/c1-3-20-43(21-4-1)67(63-36-19-34-57-51-29-12-11-28-50(51)55-32-15-17-35-62(55)68(66(57)63)44-22-5-2-6-23-44)45-38-39-54-58(40-45)52-30-13-9-26-48(52)46-24-7-8-25-47(46)49-27-10-14-31-53(49)59-41-61-56-33-16-18-37-64(56)69-65(61)42-60(54)59/h1-42H. The molecule has 0 radical (unpaired) electrons. The van der Waals surface area contributed by atoms with E-state index < -0.39 is 0 Å². The number of benzene rings is 11. The monoisotopic (exact) mass is 894 g/mol. The zero-order valence-electron chi connectivity index (χ0n) is 37.6. The Balaban J connectivity index is 1.15. The van der Waals surface area contributed by atoms with Gasteiger partial charge in [0.15, 0.2) is 0 Å². The third kappa shape index (κ3) is 6.25. The lowest BCUT2D eigenvalue weighted by molar-refractivity contribution is 1.23. The summed E-state index contributed by atoms with van der Waals surface area (Å²) in [6, 6.07) is 94.3. The van der Waals surface area contributed by atoms with Crippen molar-refractivity contribution in [3.8, 4) is 22.3 Å². The summed E-state index contributed by atoms with van der Waals surface area (Å²) in [5.74, 6) is 0. The fourth-order valence-electron chi connectivity index (χ4n) is 11.2. The molecule has 0 fully saturated rings. The van der Waals surface area contributed by atoms with Crippen molar-refractivity contribution in [1.82, 2.24) is 0 Å². The van der Waals surface area contributed by atoms with Crippen LogP contribution in [0.4, 0.5) is 34.1 Å². The number of rotatable bonds is 4. The average Bonchev–Trinajstić information content (AvgIpc) is 3.73. The van der Waals surface area contributed by atoms with Crippen LogP contribution >= 0.6 is 11.3 Å². The molecule has 2 heterocycles. The Kier molecular flexibility index (Phi) is 9.11. The first-order valence-corrected chi connectivity index (χ1v) is 24.5. The largest absolute Gasteiger partial charge is 0.308 e. The topological polar surface area (TPSA) is 6.48 Å². The molecule has 322 valence electrons. The second-order valence-electron chi connectivity index (χ2n) is 17.9. The summed E-state index contributed by atoms with van der Waals surface area (Å²) in [5.41, 5.74) is 11.4. The molecule has 0 saturated heterocycles. The Morgan fingerprint density at radius 1 is 0.275 bits per heavy atom. The highest BCUT2D eigenvalue weighted by Gasteiger charge is 2.30. The smallest absolute Gasteiger partial charge is 0.0781 e. The van der Waals surface area contributed by atoms with Gasteiger partial charge in [-0.1, -0.05) is 188 Å². The summed E-state index contributed by atoms with van der Waals surface area (Å²) in [4.78, 5) is 4.96. The van der Waals surface area contributed by atoms with E-state index in [4.69, 9.17) is 0 Å². The third-order valence-electron chi connectivity index (χ3n) is 14.2. The number of anilines is 6. The first kappa shape index (κ1) is 39.4. The maximum absolute atomic E-state index is 2.48. The lowest BCUT2D eigenvalue weighted by Gasteiger charge is -2.34. The van der Waals surface area contributed by atoms with Gasteiger partial charge >= 0.3 is 0 Å². The molecule has 0 bridgehead atoms. The fraction of sp³-hybridized carbons (Fsp3) is 0. The lowest BCUT2D eigenvalue weighted by Crippen LogP contribution is -2.17. The molecule has 1 aliphatic heterocycles. The normalized spacial score (nSPS) is 12.0. The van der Waals surface area contributed by atoms with Crippen molar-refractivity contribution in [2.45, 2.75) is 0 Å². The van der Waals surface area contributed by atoms with Crippen LogP contribution in [0.1, 0.15) is 0 Å². The van der Waals surface area contributed by atoms with Gasteiger partial charge in [0, 0.05) is 48.4 Å². The summed E-state index contributed by atoms with van der Waals surface area (Å²) in [5, 5.41) is 14.7. The van der Waals surface area contributed by atoms with Gasteiger partial charge in [-0.2, -0.15) is 0 Å². The molecule has 1 aliphatic rings. The van der Waals surface area contributed by atoms with E-state index in [2.05, 4.69) is 265 Å². The molecular formula is C66H42N2S. The molecule has 12 aromatic carbocycles. The van der Waals surface area contributed by atoms with Gasteiger partial charge in [-0.15, -0.1) is 11.3 Å². The fourth-order valence-corrected chi connectivity index (χ4v) is 12.3. The molecule has 0 saturated carbocycles. The molecule has 0 atom stereocenters. The van der Waals surface area contributed by atoms with Crippen LogP contribution in [-0.4, -0.2) is 0 Å².